The van der Waals surface area contributed by atoms with Crippen molar-refractivity contribution in [3.8, 4) is 0 Å². The molecule has 2 aromatic rings. The SMILES string of the molecule is CN=C(NCc1ccccn1)NCc1sc(C)nc1C.I. The van der Waals surface area contributed by atoms with E-state index in [2.05, 4.69) is 25.6 Å². The number of aryl methyl sites for hydroxylation is 2. The molecule has 5 nitrogen and oxygen atoms in total. The van der Waals surface area contributed by atoms with E-state index in [0.29, 0.717) is 6.54 Å². The van der Waals surface area contributed by atoms with Gasteiger partial charge in [0.25, 0.3) is 0 Å². The van der Waals surface area contributed by atoms with Crippen molar-refractivity contribution in [2.24, 2.45) is 4.99 Å². The fourth-order valence-corrected chi connectivity index (χ4v) is 2.68. The molecule has 0 spiro atoms. The minimum absolute atomic E-state index is 0. The van der Waals surface area contributed by atoms with Gasteiger partial charge in [-0.25, -0.2) is 4.98 Å². The summed E-state index contributed by atoms with van der Waals surface area (Å²) in [6.45, 7) is 5.44. The van der Waals surface area contributed by atoms with Crippen molar-refractivity contribution in [2.45, 2.75) is 26.9 Å². The Morgan fingerprint density at radius 1 is 1.24 bits per heavy atom. The minimum atomic E-state index is 0. The van der Waals surface area contributed by atoms with Gasteiger partial charge in [-0.3, -0.25) is 9.98 Å². The van der Waals surface area contributed by atoms with E-state index in [4.69, 9.17) is 0 Å². The maximum atomic E-state index is 4.42. The molecule has 0 aliphatic carbocycles. The Labute approximate surface area is 146 Å². The van der Waals surface area contributed by atoms with Gasteiger partial charge >= 0.3 is 0 Å². The third-order valence-corrected chi connectivity index (χ3v) is 3.88. The summed E-state index contributed by atoms with van der Waals surface area (Å²) >= 11 is 1.71. The largest absolute Gasteiger partial charge is 0.351 e. The summed E-state index contributed by atoms with van der Waals surface area (Å²) < 4.78 is 0. The number of thiazole rings is 1. The lowest BCUT2D eigenvalue weighted by Crippen LogP contribution is -2.36. The summed E-state index contributed by atoms with van der Waals surface area (Å²) in [4.78, 5) is 14.1. The predicted molar refractivity (Wildman–Crippen MR) is 98.3 cm³/mol. The monoisotopic (exact) mass is 417 g/mol. The highest BCUT2D eigenvalue weighted by atomic mass is 127. The first-order valence-corrected chi connectivity index (χ1v) is 7.28. The normalized spacial score (nSPS) is 10.9. The summed E-state index contributed by atoms with van der Waals surface area (Å²) in [7, 11) is 1.76. The number of rotatable bonds is 4. The Hall–Kier alpha value is -1.22. The first-order valence-electron chi connectivity index (χ1n) is 6.46. The van der Waals surface area contributed by atoms with Crippen LogP contribution in [0.1, 0.15) is 21.3 Å². The molecule has 2 heterocycles. The molecular formula is C14H20IN5S. The van der Waals surface area contributed by atoms with Gasteiger partial charge in [0, 0.05) is 18.1 Å². The number of hydrogen-bond donors (Lipinski definition) is 2. The van der Waals surface area contributed by atoms with Crippen LogP contribution in [0.4, 0.5) is 0 Å². The van der Waals surface area contributed by atoms with E-state index >= 15 is 0 Å². The lowest BCUT2D eigenvalue weighted by molar-refractivity contribution is 0.796. The number of aromatic nitrogens is 2. The van der Waals surface area contributed by atoms with Gasteiger partial charge in [0.05, 0.1) is 29.5 Å². The number of nitrogens with one attached hydrogen (secondary N) is 2. The molecule has 0 aromatic carbocycles. The Kier molecular flexibility index (Phi) is 7.58. The summed E-state index contributed by atoms with van der Waals surface area (Å²) in [5.41, 5.74) is 2.07. The van der Waals surface area contributed by atoms with Crippen molar-refractivity contribution in [1.29, 1.82) is 0 Å². The molecule has 0 aliphatic rings. The molecule has 0 amide bonds. The lowest BCUT2D eigenvalue weighted by Gasteiger charge is -2.11. The van der Waals surface area contributed by atoms with E-state index in [1.165, 1.54) is 4.88 Å². The zero-order valence-electron chi connectivity index (χ0n) is 12.4. The van der Waals surface area contributed by atoms with Crippen molar-refractivity contribution in [1.82, 2.24) is 20.6 Å². The van der Waals surface area contributed by atoms with Crippen LogP contribution in [0.25, 0.3) is 0 Å². The molecule has 0 saturated carbocycles. The fourth-order valence-electron chi connectivity index (χ4n) is 1.80. The highest BCUT2D eigenvalue weighted by Crippen LogP contribution is 2.16. The second-order valence-electron chi connectivity index (χ2n) is 4.34. The summed E-state index contributed by atoms with van der Waals surface area (Å²) in [5.74, 6) is 0.765. The highest BCUT2D eigenvalue weighted by Gasteiger charge is 2.05. The van der Waals surface area contributed by atoms with Crippen LogP contribution in [-0.4, -0.2) is 23.0 Å². The second kappa shape index (κ2) is 8.93. The smallest absolute Gasteiger partial charge is 0.191 e. The van der Waals surface area contributed by atoms with Crippen molar-refractivity contribution < 1.29 is 0 Å². The quantitative estimate of drug-likeness (QED) is 0.456. The minimum Gasteiger partial charge on any atom is -0.351 e. The van der Waals surface area contributed by atoms with Crippen LogP contribution in [0.3, 0.4) is 0 Å². The Morgan fingerprint density at radius 3 is 2.57 bits per heavy atom. The van der Waals surface area contributed by atoms with Gasteiger partial charge in [0.2, 0.25) is 0 Å². The van der Waals surface area contributed by atoms with Gasteiger partial charge in [-0.15, -0.1) is 35.3 Å². The van der Waals surface area contributed by atoms with Crippen molar-refractivity contribution in [3.05, 3.63) is 45.7 Å². The van der Waals surface area contributed by atoms with Crippen LogP contribution in [-0.2, 0) is 13.1 Å². The van der Waals surface area contributed by atoms with Crippen LogP contribution in [0, 0.1) is 13.8 Å². The number of aliphatic imine (C=N–C) groups is 1. The second-order valence-corrected chi connectivity index (χ2v) is 5.63. The highest BCUT2D eigenvalue weighted by molar-refractivity contribution is 14.0. The van der Waals surface area contributed by atoms with Crippen LogP contribution in [0.5, 0.6) is 0 Å². The molecule has 0 fully saturated rings. The molecule has 0 atom stereocenters. The predicted octanol–water partition coefficient (Wildman–Crippen LogP) is 2.64. The fraction of sp³-hybridized carbons (Fsp3) is 0.357. The third kappa shape index (κ3) is 5.58. The van der Waals surface area contributed by atoms with Crippen LogP contribution >= 0.6 is 35.3 Å². The Balaban J connectivity index is 0.00000220. The summed E-state index contributed by atoms with van der Waals surface area (Å²) in [6.07, 6.45) is 1.79. The van der Waals surface area contributed by atoms with Gasteiger partial charge < -0.3 is 10.6 Å². The average molecular weight is 417 g/mol. The average Bonchev–Trinajstić information content (AvgIpc) is 2.78. The van der Waals surface area contributed by atoms with Crippen LogP contribution in [0.15, 0.2) is 29.4 Å². The summed E-state index contributed by atoms with van der Waals surface area (Å²) in [6, 6.07) is 5.87. The van der Waals surface area contributed by atoms with Crippen LogP contribution < -0.4 is 10.6 Å². The van der Waals surface area contributed by atoms with Gasteiger partial charge in [-0.1, -0.05) is 6.07 Å². The summed E-state index contributed by atoms with van der Waals surface area (Å²) in [5, 5.41) is 7.63. The van der Waals surface area contributed by atoms with Crippen molar-refractivity contribution in [3.63, 3.8) is 0 Å². The molecule has 0 aliphatic heterocycles. The number of hydrogen-bond acceptors (Lipinski definition) is 4. The standard InChI is InChI=1S/C14H19N5S.HI/c1-10-13(20-11(2)19-10)9-18-14(15-3)17-8-12-6-4-5-7-16-12;/h4-7H,8-9H2,1-3H3,(H2,15,17,18);1H. The van der Waals surface area contributed by atoms with Gasteiger partial charge in [-0.2, -0.15) is 0 Å². The van der Waals surface area contributed by atoms with Crippen LogP contribution in [0.2, 0.25) is 0 Å². The van der Waals surface area contributed by atoms with E-state index in [-0.39, 0.29) is 24.0 Å². The zero-order chi connectivity index (χ0) is 14.4. The van der Waals surface area contributed by atoms with Gasteiger partial charge in [-0.05, 0) is 26.0 Å². The van der Waals surface area contributed by atoms with Gasteiger partial charge in [0.1, 0.15) is 0 Å². The van der Waals surface area contributed by atoms with E-state index in [1.54, 1.807) is 24.6 Å². The van der Waals surface area contributed by atoms with Crippen molar-refractivity contribution >= 4 is 41.3 Å². The van der Waals surface area contributed by atoms with Gasteiger partial charge in [0.15, 0.2) is 5.96 Å². The van der Waals surface area contributed by atoms with E-state index in [0.717, 1.165) is 28.9 Å². The topological polar surface area (TPSA) is 62.2 Å². The van der Waals surface area contributed by atoms with E-state index < -0.39 is 0 Å². The Morgan fingerprint density at radius 2 is 2.00 bits per heavy atom. The molecule has 2 rings (SSSR count). The molecule has 21 heavy (non-hydrogen) atoms. The lowest BCUT2D eigenvalue weighted by atomic mass is 10.3. The van der Waals surface area contributed by atoms with Crippen molar-refractivity contribution in [2.75, 3.05) is 7.05 Å². The van der Waals surface area contributed by atoms with E-state index in [1.807, 2.05) is 32.0 Å². The maximum absolute atomic E-state index is 4.42. The molecular weight excluding hydrogens is 397 g/mol. The first kappa shape index (κ1) is 17.8. The maximum Gasteiger partial charge on any atom is 0.191 e. The third-order valence-electron chi connectivity index (χ3n) is 2.80. The first-order chi connectivity index (χ1) is 9.69. The molecule has 0 unspecified atom stereocenters. The molecule has 2 aromatic heterocycles. The number of guanidine groups is 1. The molecule has 114 valence electrons. The molecule has 7 heteroatoms. The molecule has 0 radical (unpaired) electrons. The molecule has 2 N–H and O–H groups in total. The van der Waals surface area contributed by atoms with E-state index in [9.17, 15) is 0 Å². The number of nitrogens with zero attached hydrogens (tertiary/aromatic N) is 3. The Bertz CT molecular complexity index is 582. The number of halogens is 1. The molecule has 0 bridgehead atoms. The zero-order valence-corrected chi connectivity index (χ0v) is 15.5. The molecule has 0 saturated heterocycles. The number of pyridine rings is 1.